The SMILES string of the molecule is OC(CCc1ccccc1Br)c1ccccc1. The van der Waals surface area contributed by atoms with Gasteiger partial charge in [0.25, 0.3) is 0 Å². The van der Waals surface area contributed by atoms with E-state index in [-0.39, 0.29) is 6.10 Å². The fourth-order valence-electron chi connectivity index (χ4n) is 1.84. The Morgan fingerprint density at radius 3 is 2.29 bits per heavy atom. The summed E-state index contributed by atoms with van der Waals surface area (Å²) in [5, 5.41) is 10.1. The molecule has 2 rings (SSSR count). The van der Waals surface area contributed by atoms with Crippen molar-refractivity contribution in [3.63, 3.8) is 0 Å². The Morgan fingerprint density at radius 1 is 0.941 bits per heavy atom. The van der Waals surface area contributed by atoms with E-state index in [0.717, 1.165) is 22.9 Å². The van der Waals surface area contributed by atoms with E-state index in [1.165, 1.54) is 5.56 Å². The number of hydrogen-bond donors (Lipinski definition) is 1. The molecule has 1 N–H and O–H groups in total. The summed E-state index contributed by atoms with van der Waals surface area (Å²) in [5.74, 6) is 0. The van der Waals surface area contributed by atoms with E-state index in [0.29, 0.717) is 0 Å². The first-order chi connectivity index (χ1) is 8.27. The van der Waals surface area contributed by atoms with Crippen molar-refractivity contribution in [2.24, 2.45) is 0 Å². The molecule has 0 radical (unpaired) electrons. The average Bonchev–Trinajstić information content (AvgIpc) is 2.38. The molecule has 1 atom stereocenters. The number of aliphatic hydroxyl groups excluding tert-OH is 1. The maximum Gasteiger partial charge on any atom is 0.0793 e. The monoisotopic (exact) mass is 290 g/mol. The van der Waals surface area contributed by atoms with E-state index in [1.807, 2.05) is 48.5 Å². The lowest BCUT2D eigenvalue weighted by molar-refractivity contribution is 0.168. The minimum absolute atomic E-state index is 0.386. The normalized spacial score (nSPS) is 12.4. The molecule has 0 saturated heterocycles. The molecule has 88 valence electrons. The molecule has 0 aliphatic carbocycles. The summed E-state index contributed by atoms with van der Waals surface area (Å²) in [6.45, 7) is 0. The highest BCUT2D eigenvalue weighted by atomic mass is 79.9. The van der Waals surface area contributed by atoms with E-state index in [4.69, 9.17) is 0 Å². The molecule has 2 heteroatoms. The standard InChI is InChI=1S/C15H15BrO/c16-14-9-5-4-6-12(14)10-11-15(17)13-7-2-1-3-8-13/h1-9,15,17H,10-11H2. The third kappa shape index (κ3) is 3.42. The van der Waals surface area contributed by atoms with Crippen LogP contribution in [0.25, 0.3) is 0 Å². The summed E-state index contributed by atoms with van der Waals surface area (Å²) >= 11 is 3.52. The van der Waals surface area contributed by atoms with Gasteiger partial charge in [-0.25, -0.2) is 0 Å². The van der Waals surface area contributed by atoms with E-state index < -0.39 is 0 Å². The summed E-state index contributed by atoms with van der Waals surface area (Å²) in [6.07, 6.45) is 1.23. The Kier molecular flexibility index (Phi) is 4.35. The summed E-state index contributed by atoms with van der Waals surface area (Å²) in [6, 6.07) is 17.9. The van der Waals surface area contributed by atoms with Crippen molar-refractivity contribution in [2.45, 2.75) is 18.9 Å². The van der Waals surface area contributed by atoms with Crippen molar-refractivity contribution < 1.29 is 5.11 Å². The molecule has 17 heavy (non-hydrogen) atoms. The Hall–Kier alpha value is -1.12. The largest absolute Gasteiger partial charge is 0.388 e. The second kappa shape index (κ2) is 5.99. The lowest BCUT2D eigenvalue weighted by Crippen LogP contribution is -1.99. The van der Waals surface area contributed by atoms with Crippen LogP contribution in [-0.2, 0) is 6.42 Å². The highest BCUT2D eigenvalue weighted by Crippen LogP contribution is 2.22. The van der Waals surface area contributed by atoms with Crippen LogP contribution in [0, 0.1) is 0 Å². The molecule has 1 unspecified atom stereocenters. The first-order valence-corrected chi connectivity index (χ1v) is 6.53. The first-order valence-electron chi connectivity index (χ1n) is 5.74. The molecule has 0 fully saturated rings. The fourth-order valence-corrected chi connectivity index (χ4v) is 2.32. The number of benzene rings is 2. The van der Waals surface area contributed by atoms with Crippen molar-refractivity contribution in [1.82, 2.24) is 0 Å². The summed E-state index contributed by atoms with van der Waals surface area (Å²) < 4.78 is 1.11. The Balaban J connectivity index is 1.97. The predicted octanol–water partition coefficient (Wildman–Crippen LogP) is 4.12. The maximum atomic E-state index is 10.1. The Labute approximate surface area is 110 Å². The summed E-state index contributed by atoms with van der Waals surface area (Å²) in [4.78, 5) is 0. The van der Waals surface area contributed by atoms with Gasteiger partial charge in [-0.05, 0) is 30.0 Å². The van der Waals surface area contributed by atoms with E-state index in [2.05, 4.69) is 22.0 Å². The van der Waals surface area contributed by atoms with Gasteiger partial charge in [0.1, 0.15) is 0 Å². The number of hydrogen-bond acceptors (Lipinski definition) is 1. The molecule has 0 heterocycles. The van der Waals surface area contributed by atoms with Gasteiger partial charge in [-0.3, -0.25) is 0 Å². The van der Waals surface area contributed by atoms with Crippen LogP contribution >= 0.6 is 15.9 Å². The lowest BCUT2D eigenvalue weighted by atomic mass is 10.0. The number of rotatable bonds is 4. The van der Waals surface area contributed by atoms with Crippen molar-refractivity contribution in [3.05, 3.63) is 70.2 Å². The van der Waals surface area contributed by atoms with Crippen LogP contribution in [0.2, 0.25) is 0 Å². The first kappa shape index (κ1) is 12.3. The van der Waals surface area contributed by atoms with Crippen molar-refractivity contribution in [2.75, 3.05) is 0 Å². The molecule has 1 nitrogen and oxygen atoms in total. The molecule has 0 aliphatic heterocycles. The molecular formula is C15H15BrO. The second-order valence-corrected chi connectivity index (χ2v) is 4.91. The van der Waals surface area contributed by atoms with Crippen LogP contribution in [0.1, 0.15) is 23.7 Å². The Morgan fingerprint density at radius 2 is 1.59 bits per heavy atom. The van der Waals surface area contributed by atoms with Crippen molar-refractivity contribution >= 4 is 15.9 Å². The topological polar surface area (TPSA) is 20.2 Å². The second-order valence-electron chi connectivity index (χ2n) is 4.06. The Bertz CT molecular complexity index is 467. The molecule has 0 spiro atoms. The molecular weight excluding hydrogens is 276 g/mol. The van der Waals surface area contributed by atoms with Gasteiger partial charge in [-0.1, -0.05) is 64.5 Å². The highest BCUT2D eigenvalue weighted by Gasteiger charge is 2.07. The smallest absolute Gasteiger partial charge is 0.0793 e. The molecule has 0 aliphatic rings. The van der Waals surface area contributed by atoms with Crippen LogP contribution in [0.4, 0.5) is 0 Å². The zero-order chi connectivity index (χ0) is 12.1. The lowest BCUT2D eigenvalue weighted by Gasteiger charge is -2.11. The summed E-state index contributed by atoms with van der Waals surface area (Å²) in [7, 11) is 0. The van der Waals surface area contributed by atoms with Crippen LogP contribution in [0.15, 0.2) is 59.1 Å². The van der Waals surface area contributed by atoms with Crippen LogP contribution in [0.3, 0.4) is 0 Å². The van der Waals surface area contributed by atoms with E-state index >= 15 is 0 Å². The van der Waals surface area contributed by atoms with Gasteiger partial charge in [0.2, 0.25) is 0 Å². The number of aryl methyl sites for hydroxylation is 1. The molecule has 0 aromatic heterocycles. The summed E-state index contributed by atoms with van der Waals surface area (Å²) in [5.41, 5.74) is 2.22. The van der Waals surface area contributed by atoms with Crippen molar-refractivity contribution in [1.29, 1.82) is 0 Å². The fraction of sp³-hybridized carbons (Fsp3) is 0.200. The van der Waals surface area contributed by atoms with Gasteiger partial charge in [-0.15, -0.1) is 0 Å². The number of halogens is 1. The third-order valence-corrected chi connectivity index (χ3v) is 3.60. The third-order valence-electron chi connectivity index (χ3n) is 2.83. The quantitative estimate of drug-likeness (QED) is 0.898. The zero-order valence-corrected chi connectivity index (χ0v) is 11.1. The number of aliphatic hydroxyl groups is 1. The minimum Gasteiger partial charge on any atom is -0.388 e. The molecule has 2 aromatic carbocycles. The van der Waals surface area contributed by atoms with Gasteiger partial charge in [0.15, 0.2) is 0 Å². The molecule has 0 bridgehead atoms. The average molecular weight is 291 g/mol. The van der Waals surface area contributed by atoms with Crippen molar-refractivity contribution in [3.8, 4) is 0 Å². The maximum absolute atomic E-state index is 10.1. The van der Waals surface area contributed by atoms with Gasteiger partial charge in [-0.2, -0.15) is 0 Å². The van der Waals surface area contributed by atoms with Crippen LogP contribution in [-0.4, -0.2) is 5.11 Å². The van der Waals surface area contributed by atoms with Gasteiger partial charge in [0, 0.05) is 4.47 Å². The predicted molar refractivity (Wildman–Crippen MR) is 73.9 cm³/mol. The van der Waals surface area contributed by atoms with Crippen LogP contribution < -0.4 is 0 Å². The molecule has 0 saturated carbocycles. The highest BCUT2D eigenvalue weighted by molar-refractivity contribution is 9.10. The van der Waals surface area contributed by atoms with Crippen LogP contribution in [0.5, 0.6) is 0 Å². The molecule has 2 aromatic rings. The van der Waals surface area contributed by atoms with Gasteiger partial charge >= 0.3 is 0 Å². The van der Waals surface area contributed by atoms with Gasteiger partial charge in [0.05, 0.1) is 6.10 Å². The minimum atomic E-state index is -0.386. The zero-order valence-electron chi connectivity index (χ0n) is 9.51. The van der Waals surface area contributed by atoms with Gasteiger partial charge < -0.3 is 5.11 Å². The van der Waals surface area contributed by atoms with E-state index in [9.17, 15) is 5.11 Å². The van der Waals surface area contributed by atoms with E-state index in [1.54, 1.807) is 0 Å². The molecule has 0 amide bonds.